The molecule has 2 nitrogen and oxygen atoms in total. The number of hydrogen-bond donors (Lipinski definition) is 1. The van der Waals surface area contributed by atoms with E-state index in [2.05, 4.69) is 4.90 Å². The number of hydrogen-bond acceptors (Lipinski definition) is 2. The first-order valence-corrected chi connectivity index (χ1v) is 7.87. The molecule has 2 fully saturated rings. The molecule has 0 aromatic heterocycles. The normalized spacial score (nSPS) is 22.2. The van der Waals surface area contributed by atoms with Crippen LogP contribution in [0.15, 0.2) is 18.2 Å². The van der Waals surface area contributed by atoms with Crippen molar-refractivity contribution in [1.82, 2.24) is 0 Å². The third kappa shape index (κ3) is 2.69. The largest absolute Gasteiger partial charge is 0.392 e. The Bertz CT molecular complexity index is 458. The molecule has 1 spiro atoms. The van der Waals surface area contributed by atoms with Gasteiger partial charge in [-0.25, -0.2) is 4.39 Å². The van der Waals surface area contributed by atoms with Crippen LogP contribution in [0.5, 0.6) is 0 Å². The van der Waals surface area contributed by atoms with E-state index < -0.39 is 0 Å². The molecule has 3 rings (SSSR count). The molecule has 110 valence electrons. The predicted octanol–water partition coefficient (Wildman–Crippen LogP) is 3.87. The second-order valence-corrected chi connectivity index (χ2v) is 6.49. The molecule has 1 heterocycles. The summed E-state index contributed by atoms with van der Waals surface area (Å²) in [5.41, 5.74) is 1.90. The molecule has 0 unspecified atom stereocenters. The Morgan fingerprint density at radius 2 is 1.75 bits per heavy atom. The van der Waals surface area contributed by atoms with E-state index >= 15 is 0 Å². The molecule has 0 radical (unpaired) electrons. The van der Waals surface area contributed by atoms with Crippen LogP contribution >= 0.6 is 0 Å². The number of rotatable bonds is 2. The highest BCUT2D eigenvalue weighted by molar-refractivity contribution is 5.49. The van der Waals surface area contributed by atoms with Gasteiger partial charge in [0.2, 0.25) is 0 Å². The summed E-state index contributed by atoms with van der Waals surface area (Å²) in [5.74, 6) is -0.198. The zero-order valence-electron chi connectivity index (χ0n) is 12.1. The summed E-state index contributed by atoms with van der Waals surface area (Å²) >= 11 is 0. The van der Waals surface area contributed by atoms with Gasteiger partial charge in [-0.2, -0.15) is 0 Å². The van der Waals surface area contributed by atoms with Gasteiger partial charge in [-0.05, 0) is 48.8 Å². The molecule has 1 aliphatic carbocycles. The fraction of sp³-hybridized carbons (Fsp3) is 0.647. The Balaban J connectivity index is 1.68. The second-order valence-electron chi connectivity index (χ2n) is 6.49. The monoisotopic (exact) mass is 277 g/mol. The zero-order valence-corrected chi connectivity index (χ0v) is 12.1. The minimum Gasteiger partial charge on any atom is -0.392 e. The van der Waals surface area contributed by atoms with Crippen molar-refractivity contribution < 1.29 is 9.50 Å². The summed E-state index contributed by atoms with van der Waals surface area (Å²) in [6, 6.07) is 5.10. The van der Waals surface area contributed by atoms with Crippen molar-refractivity contribution in [3.8, 4) is 0 Å². The SMILES string of the molecule is OCc1ccc(N2CCC3(CCCCC3)CC2)c(F)c1. The Labute approximate surface area is 120 Å². The summed E-state index contributed by atoms with van der Waals surface area (Å²) in [5, 5.41) is 9.05. The molecule has 3 heteroatoms. The van der Waals surface area contributed by atoms with Crippen LogP contribution in [0.3, 0.4) is 0 Å². The molecule has 1 aromatic rings. The third-order valence-electron chi connectivity index (χ3n) is 5.27. The van der Waals surface area contributed by atoms with Gasteiger partial charge in [0.1, 0.15) is 5.82 Å². The maximum absolute atomic E-state index is 14.1. The van der Waals surface area contributed by atoms with E-state index in [0.717, 1.165) is 13.1 Å². The highest BCUT2D eigenvalue weighted by Crippen LogP contribution is 2.45. The molecule has 1 N–H and O–H groups in total. The smallest absolute Gasteiger partial charge is 0.146 e. The van der Waals surface area contributed by atoms with Crippen molar-refractivity contribution in [2.75, 3.05) is 18.0 Å². The van der Waals surface area contributed by atoms with E-state index in [1.54, 1.807) is 0 Å². The van der Waals surface area contributed by atoms with E-state index in [9.17, 15) is 4.39 Å². The summed E-state index contributed by atoms with van der Waals surface area (Å²) < 4.78 is 14.1. The quantitative estimate of drug-likeness (QED) is 0.887. The van der Waals surface area contributed by atoms with Crippen LogP contribution in [-0.4, -0.2) is 18.2 Å². The van der Waals surface area contributed by atoms with Gasteiger partial charge in [-0.1, -0.05) is 25.3 Å². The van der Waals surface area contributed by atoms with Crippen LogP contribution in [0, 0.1) is 11.2 Å². The van der Waals surface area contributed by atoms with Crippen molar-refractivity contribution in [3.05, 3.63) is 29.6 Å². The van der Waals surface area contributed by atoms with Crippen LogP contribution in [0.1, 0.15) is 50.5 Å². The number of anilines is 1. The number of halogens is 1. The maximum atomic E-state index is 14.1. The summed E-state index contributed by atoms with van der Waals surface area (Å²) in [4.78, 5) is 2.18. The van der Waals surface area contributed by atoms with Crippen molar-refractivity contribution in [3.63, 3.8) is 0 Å². The summed E-state index contributed by atoms with van der Waals surface area (Å²) in [6.45, 7) is 1.84. The lowest BCUT2D eigenvalue weighted by atomic mass is 9.68. The molecule has 2 aliphatic rings. The van der Waals surface area contributed by atoms with Gasteiger partial charge in [0.05, 0.1) is 12.3 Å². The van der Waals surface area contributed by atoms with Crippen LogP contribution in [0.25, 0.3) is 0 Å². The highest BCUT2D eigenvalue weighted by Gasteiger charge is 2.35. The topological polar surface area (TPSA) is 23.5 Å². The first-order valence-electron chi connectivity index (χ1n) is 7.87. The molecular weight excluding hydrogens is 253 g/mol. The lowest BCUT2D eigenvalue weighted by Gasteiger charge is -2.45. The van der Waals surface area contributed by atoms with E-state index in [4.69, 9.17) is 5.11 Å². The average Bonchev–Trinajstić information content (AvgIpc) is 2.49. The number of aliphatic hydroxyl groups excluding tert-OH is 1. The van der Waals surface area contributed by atoms with Gasteiger partial charge >= 0.3 is 0 Å². The van der Waals surface area contributed by atoms with E-state index in [1.165, 1.54) is 51.0 Å². The Morgan fingerprint density at radius 1 is 1.05 bits per heavy atom. The van der Waals surface area contributed by atoms with Crippen molar-refractivity contribution in [2.45, 2.75) is 51.6 Å². The van der Waals surface area contributed by atoms with Crippen molar-refractivity contribution in [1.29, 1.82) is 0 Å². The zero-order chi connectivity index (χ0) is 14.0. The number of benzene rings is 1. The molecule has 0 amide bonds. The van der Waals surface area contributed by atoms with Gasteiger partial charge in [0, 0.05) is 13.1 Å². The summed E-state index contributed by atoms with van der Waals surface area (Å²) in [6.07, 6.45) is 9.28. The lowest BCUT2D eigenvalue weighted by molar-refractivity contribution is 0.144. The van der Waals surface area contributed by atoms with Gasteiger partial charge in [-0.3, -0.25) is 0 Å². The average molecular weight is 277 g/mol. The van der Waals surface area contributed by atoms with Crippen LogP contribution in [0.4, 0.5) is 10.1 Å². The minimum atomic E-state index is -0.198. The first-order chi connectivity index (χ1) is 9.72. The van der Waals surface area contributed by atoms with Gasteiger partial charge < -0.3 is 10.0 Å². The number of nitrogens with zero attached hydrogens (tertiary/aromatic N) is 1. The number of piperidine rings is 1. The fourth-order valence-corrected chi connectivity index (χ4v) is 3.93. The number of aliphatic hydroxyl groups is 1. The van der Waals surface area contributed by atoms with E-state index in [1.807, 2.05) is 12.1 Å². The Morgan fingerprint density at radius 3 is 2.35 bits per heavy atom. The lowest BCUT2D eigenvalue weighted by Crippen LogP contribution is -2.41. The highest BCUT2D eigenvalue weighted by atomic mass is 19.1. The van der Waals surface area contributed by atoms with Crippen molar-refractivity contribution in [2.24, 2.45) is 5.41 Å². The first kappa shape index (κ1) is 13.9. The van der Waals surface area contributed by atoms with Gasteiger partial charge in [0.25, 0.3) is 0 Å². The predicted molar refractivity (Wildman–Crippen MR) is 79.3 cm³/mol. The minimum absolute atomic E-state index is 0.0969. The van der Waals surface area contributed by atoms with Crippen molar-refractivity contribution >= 4 is 5.69 Å². The fourth-order valence-electron chi connectivity index (χ4n) is 3.93. The van der Waals surface area contributed by atoms with Crippen LogP contribution in [0.2, 0.25) is 0 Å². The van der Waals surface area contributed by atoms with Gasteiger partial charge in [0.15, 0.2) is 0 Å². The molecule has 0 atom stereocenters. The summed E-state index contributed by atoms with van der Waals surface area (Å²) in [7, 11) is 0. The van der Waals surface area contributed by atoms with E-state index in [0.29, 0.717) is 16.7 Å². The molecule has 1 saturated heterocycles. The van der Waals surface area contributed by atoms with E-state index in [-0.39, 0.29) is 12.4 Å². The molecule has 0 bridgehead atoms. The van der Waals surface area contributed by atoms with Gasteiger partial charge in [-0.15, -0.1) is 0 Å². The Kier molecular flexibility index (Phi) is 3.97. The standard InChI is InChI=1S/C17H24FNO/c18-15-12-14(13-20)4-5-16(15)19-10-8-17(9-11-19)6-2-1-3-7-17/h4-5,12,20H,1-3,6-11,13H2. The molecular formula is C17H24FNO. The van der Waals surface area contributed by atoms with Crippen LogP contribution in [-0.2, 0) is 6.61 Å². The molecule has 1 aliphatic heterocycles. The molecule has 1 aromatic carbocycles. The molecule has 1 saturated carbocycles. The second kappa shape index (κ2) is 5.72. The Hall–Kier alpha value is -1.09. The van der Waals surface area contributed by atoms with Crippen LogP contribution < -0.4 is 4.90 Å². The maximum Gasteiger partial charge on any atom is 0.146 e. The third-order valence-corrected chi connectivity index (χ3v) is 5.27. The molecule has 20 heavy (non-hydrogen) atoms.